The van der Waals surface area contributed by atoms with E-state index in [0.717, 1.165) is 30.3 Å². The highest BCUT2D eigenvalue weighted by atomic mass is 32.2. The molecule has 2 heterocycles. The van der Waals surface area contributed by atoms with Gasteiger partial charge in [-0.3, -0.25) is 9.36 Å². The number of rotatable bonds is 8. The number of nitrogens with zero attached hydrogens (tertiary/aromatic N) is 4. The molecule has 0 spiro atoms. The molecule has 0 aliphatic carbocycles. The summed E-state index contributed by atoms with van der Waals surface area (Å²) in [6, 6.07) is 13.4. The third kappa shape index (κ3) is 4.73. The van der Waals surface area contributed by atoms with Crippen molar-refractivity contribution in [3.05, 3.63) is 53.6 Å². The summed E-state index contributed by atoms with van der Waals surface area (Å²) in [6.45, 7) is 4.84. The van der Waals surface area contributed by atoms with E-state index in [9.17, 15) is 4.79 Å². The number of anilines is 1. The van der Waals surface area contributed by atoms with E-state index in [1.165, 1.54) is 11.8 Å². The first-order chi connectivity index (χ1) is 15.6. The molecule has 32 heavy (non-hydrogen) atoms. The topological polar surface area (TPSA) is 78.7 Å². The van der Waals surface area contributed by atoms with Gasteiger partial charge in [-0.15, -0.1) is 10.2 Å². The molecule has 0 unspecified atom stereocenters. The van der Waals surface area contributed by atoms with Gasteiger partial charge in [0.05, 0.1) is 44.4 Å². The molecule has 8 nitrogen and oxygen atoms in total. The predicted molar refractivity (Wildman–Crippen MR) is 124 cm³/mol. The van der Waals surface area contributed by atoms with Crippen molar-refractivity contribution in [2.24, 2.45) is 0 Å². The molecule has 0 atom stereocenters. The predicted octanol–water partition coefficient (Wildman–Crippen LogP) is 3.40. The Morgan fingerprint density at radius 2 is 1.91 bits per heavy atom. The molecular weight excluding hydrogens is 428 g/mol. The van der Waals surface area contributed by atoms with Crippen molar-refractivity contribution >= 4 is 23.5 Å². The monoisotopic (exact) mass is 454 g/mol. The van der Waals surface area contributed by atoms with Crippen LogP contribution in [-0.2, 0) is 4.74 Å². The van der Waals surface area contributed by atoms with Gasteiger partial charge in [0, 0.05) is 13.1 Å². The largest absolute Gasteiger partial charge is 0.497 e. The standard InChI is InChI=1S/C23H26N4O4S/c1-16-5-4-6-17(13-16)27-22(26-9-11-31-12-10-26)24-25-23(27)32-15-20(28)19-14-18(29-2)7-8-21(19)30-3/h4-8,13-14H,9-12,15H2,1-3H3. The third-order valence-corrected chi connectivity index (χ3v) is 6.14. The van der Waals surface area contributed by atoms with Gasteiger partial charge >= 0.3 is 0 Å². The zero-order valence-corrected chi connectivity index (χ0v) is 19.2. The van der Waals surface area contributed by atoms with Gasteiger partial charge in [-0.05, 0) is 42.8 Å². The van der Waals surface area contributed by atoms with E-state index in [-0.39, 0.29) is 11.5 Å². The molecule has 3 aromatic rings. The van der Waals surface area contributed by atoms with Crippen LogP contribution in [-0.4, -0.2) is 66.8 Å². The molecule has 1 saturated heterocycles. The minimum Gasteiger partial charge on any atom is -0.497 e. The number of Topliss-reactive ketones (excluding diaryl/α,β-unsaturated/α-hetero) is 1. The zero-order chi connectivity index (χ0) is 22.5. The first kappa shape index (κ1) is 22.2. The van der Waals surface area contributed by atoms with Crippen LogP contribution in [0.25, 0.3) is 5.69 Å². The number of ether oxygens (including phenoxy) is 3. The van der Waals surface area contributed by atoms with Gasteiger partial charge in [0.25, 0.3) is 0 Å². The van der Waals surface area contributed by atoms with Gasteiger partial charge < -0.3 is 19.1 Å². The van der Waals surface area contributed by atoms with E-state index in [1.54, 1.807) is 32.4 Å². The Labute approximate surface area is 191 Å². The smallest absolute Gasteiger partial charge is 0.232 e. The molecule has 0 amide bonds. The van der Waals surface area contributed by atoms with E-state index < -0.39 is 0 Å². The van der Waals surface area contributed by atoms with Gasteiger partial charge in [-0.1, -0.05) is 23.9 Å². The maximum absolute atomic E-state index is 13.0. The highest BCUT2D eigenvalue weighted by Crippen LogP contribution is 2.30. The number of hydrogen-bond donors (Lipinski definition) is 0. The maximum Gasteiger partial charge on any atom is 0.232 e. The van der Waals surface area contributed by atoms with Crippen LogP contribution in [0.3, 0.4) is 0 Å². The van der Waals surface area contributed by atoms with Crippen molar-refractivity contribution in [3.63, 3.8) is 0 Å². The van der Waals surface area contributed by atoms with Crippen molar-refractivity contribution in [2.45, 2.75) is 12.1 Å². The molecule has 1 aliphatic rings. The van der Waals surface area contributed by atoms with Crippen LogP contribution in [0.4, 0.5) is 5.95 Å². The first-order valence-corrected chi connectivity index (χ1v) is 11.3. The normalized spacial score (nSPS) is 13.8. The quantitative estimate of drug-likeness (QED) is 0.379. The van der Waals surface area contributed by atoms with E-state index in [2.05, 4.69) is 21.2 Å². The molecule has 0 bridgehead atoms. The van der Waals surface area contributed by atoms with Crippen molar-refractivity contribution in [1.82, 2.24) is 14.8 Å². The molecule has 2 aromatic carbocycles. The molecule has 4 rings (SSSR count). The molecule has 9 heteroatoms. The molecule has 0 radical (unpaired) electrons. The lowest BCUT2D eigenvalue weighted by Gasteiger charge is -2.28. The first-order valence-electron chi connectivity index (χ1n) is 10.3. The minimum absolute atomic E-state index is 0.0718. The Hall–Kier alpha value is -3.04. The highest BCUT2D eigenvalue weighted by molar-refractivity contribution is 7.99. The SMILES string of the molecule is COc1ccc(OC)c(C(=O)CSc2nnc(N3CCOCC3)n2-c2cccc(C)c2)c1. The number of carbonyl (C=O) groups excluding carboxylic acids is 1. The Morgan fingerprint density at radius 3 is 2.62 bits per heavy atom. The van der Waals surface area contributed by atoms with E-state index in [4.69, 9.17) is 14.2 Å². The number of thioether (sulfide) groups is 1. The van der Waals surface area contributed by atoms with E-state index in [0.29, 0.717) is 35.4 Å². The molecule has 1 aliphatic heterocycles. The van der Waals surface area contributed by atoms with Gasteiger partial charge in [-0.25, -0.2) is 0 Å². The van der Waals surface area contributed by atoms with Crippen molar-refractivity contribution in [3.8, 4) is 17.2 Å². The molecular formula is C23H26N4O4S. The molecule has 1 fully saturated rings. The lowest BCUT2D eigenvalue weighted by atomic mass is 10.1. The summed E-state index contributed by atoms with van der Waals surface area (Å²) in [4.78, 5) is 15.2. The van der Waals surface area contributed by atoms with Crippen LogP contribution >= 0.6 is 11.8 Å². The van der Waals surface area contributed by atoms with Crippen LogP contribution in [0, 0.1) is 6.92 Å². The Bertz CT molecular complexity index is 1100. The number of aryl methyl sites for hydroxylation is 1. The number of benzene rings is 2. The molecule has 0 saturated carbocycles. The number of aromatic nitrogens is 3. The number of carbonyl (C=O) groups is 1. The van der Waals surface area contributed by atoms with Crippen molar-refractivity contribution in [2.75, 3.05) is 51.2 Å². The lowest BCUT2D eigenvalue weighted by molar-refractivity contribution is 0.101. The second kappa shape index (κ2) is 10.1. The molecule has 1 aromatic heterocycles. The summed E-state index contributed by atoms with van der Waals surface area (Å²) in [5.41, 5.74) is 2.58. The van der Waals surface area contributed by atoms with E-state index in [1.807, 2.05) is 29.7 Å². The Balaban J connectivity index is 1.63. The zero-order valence-electron chi connectivity index (χ0n) is 18.4. The summed E-state index contributed by atoms with van der Waals surface area (Å²) in [5.74, 6) is 2.00. The Morgan fingerprint density at radius 1 is 1.09 bits per heavy atom. The van der Waals surface area contributed by atoms with Crippen molar-refractivity contribution in [1.29, 1.82) is 0 Å². The van der Waals surface area contributed by atoms with Gasteiger partial charge in [0.2, 0.25) is 5.95 Å². The van der Waals surface area contributed by atoms with Gasteiger partial charge in [0.1, 0.15) is 11.5 Å². The second-order valence-corrected chi connectivity index (χ2v) is 8.28. The van der Waals surface area contributed by atoms with Gasteiger partial charge in [0.15, 0.2) is 10.9 Å². The number of morpholine rings is 1. The summed E-state index contributed by atoms with van der Waals surface area (Å²) < 4.78 is 18.1. The number of methoxy groups -OCH3 is 2. The fourth-order valence-corrected chi connectivity index (χ4v) is 4.39. The average Bonchev–Trinajstić information content (AvgIpc) is 3.26. The molecule has 168 valence electrons. The fraction of sp³-hybridized carbons (Fsp3) is 0.348. The van der Waals surface area contributed by atoms with Crippen LogP contribution < -0.4 is 14.4 Å². The van der Waals surface area contributed by atoms with Crippen LogP contribution in [0.5, 0.6) is 11.5 Å². The van der Waals surface area contributed by atoms with E-state index >= 15 is 0 Å². The highest BCUT2D eigenvalue weighted by Gasteiger charge is 2.23. The van der Waals surface area contributed by atoms with Crippen LogP contribution in [0.15, 0.2) is 47.6 Å². The minimum atomic E-state index is -0.0718. The van der Waals surface area contributed by atoms with Crippen LogP contribution in [0.1, 0.15) is 15.9 Å². The number of hydrogen-bond acceptors (Lipinski definition) is 8. The van der Waals surface area contributed by atoms with Crippen molar-refractivity contribution < 1.29 is 19.0 Å². The summed E-state index contributed by atoms with van der Waals surface area (Å²) >= 11 is 1.35. The van der Waals surface area contributed by atoms with Crippen LogP contribution in [0.2, 0.25) is 0 Å². The summed E-state index contributed by atoms with van der Waals surface area (Å²) in [6.07, 6.45) is 0. The molecule has 0 N–H and O–H groups in total. The third-order valence-electron chi connectivity index (χ3n) is 5.21. The maximum atomic E-state index is 13.0. The average molecular weight is 455 g/mol. The number of ketones is 1. The Kier molecular flexibility index (Phi) is 6.96. The summed E-state index contributed by atoms with van der Waals surface area (Å²) in [7, 11) is 3.12. The fourth-order valence-electron chi connectivity index (χ4n) is 3.56. The second-order valence-electron chi connectivity index (χ2n) is 7.33. The van der Waals surface area contributed by atoms with Gasteiger partial charge in [-0.2, -0.15) is 0 Å². The lowest BCUT2D eigenvalue weighted by Crippen LogP contribution is -2.37. The summed E-state index contributed by atoms with van der Waals surface area (Å²) in [5, 5.41) is 9.55.